The van der Waals surface area contributed by atoms with Gasteiger partial charge >= 0.3 is 0 Å². The number of hydrazine groups is 1. The van der Waals surface area contributed by atoms with E-state index in [4.69, 9.17) is 33.8 Å². The fourth-order valence-corrected chi connectivity index (χ4v) is 2.58. The predicted molar refractivity (Wildman–Crippen MR) is 62.5 cm³/mol. The van der Waals surface area contributed by atoms with Crippen LogP contribution in [0.5, 0.6) is 0 Å². The summed E-state index contributed by atoms with van der Waals surface area (Å²) in [6, 6.07) is 1.63. The normalized spacial score (nSPS) is 16.2. The highest BCUT2D eigenvalue weighted by molar-refractivity contribution is 8.00. The quantitative estimate of drug-likeness (QED) is 0.648. The molecule has 1 aliphatic heterocycles. The standard InChI is InChI=1S/C8H9Cl2N3OS/c9-5-1-6(10)8(12-7(5)13-11)15-4-2-14-3-4/h1,4H,2-3,11H2,(H,12,13). The van der Waals surface area contributed by atoms with Gasteiger partial charge in [-0.2, -0.15) is 0 Å². The highest BCUT2D eigenvalue weighted by Crippen LogP contribution is 2.35. The van der Waals surface area contributed by atoms with Crippen LogP contribution in [0, 0.1) is 0 Å². The smallest absolute Gasteiger partial charge is 0.160 e. The number of nitrogens with two attached hydrogens (primary N) is 1. The summed E-state index contributed by atoms with van der Waals surface area (Å²) < 4.78 is 5.07. The second-order valence-electron chi connectivity index (χ2n) is 3.03. The summed E-state index contributed by atoms with van der Waals surface area (Å²) in [5.74, 6) is 5.71. The number of anilines is 1. The molecule has 0 spiro atoms. The Morgan fingerprint density at radius 1 is 1.47 bits per heavy atom. The first-order valence-corrected chi connectivity index (χ1v) is 5.91. The van der Waals surface area contributed by atoms with Crippen LogP contribution in [-0.4, -0.2) is 23.4 Å². The summed E-state index contributed by atoms with van der Waals surface area (Å²) in [5.41, 5.74) is 2.43. The molecule has 1 aliphatic rings. The van der Waals surface area contributed by atoms with Gasteiger partial charge in [0.1, 0.15) is 5.03 Å². The first-order chi connectivity index (χ1) is 7.20. The van der Waals surface area contributed by atoms with Crippen LogP contribution in [0.3, 0.4) is 0 Å². The molecule has 0 radical (unpaired) electrons. The Hall–Kier alpha value is -0.200. The van der Waals surface area contributed by atoms with Gasteiger partial charge in [-0.3, -0.25) is 0 Å². The number of aromatic nitrogens is 1. The summed E-state index contributed by atoms with van der Waals surface area (Å²) >= 11 is 13.4. The molecule has 2 rings (SSSR count). The molecule has 1 fully saturated rings. The molecule has 1 aromatic heterocycles. The molecule has 7 heteroatoms. The Labute approximate surface area is 101 Å². The molecule has 0 aromatic carbocycles. The Morgan fingerprint density at radius 3 is 2.73 bits per heavy atom. The first-order valence-electron chi connectivity index (χ1n) is 4.27. The van der Waals surface area contributed by atoms with Crippen LogP contribution in [0.2, 0.25) is 10.0 Å². The van der Waals surface area contributed by atoms with Gasteiger partial charge in [0, 0.05) is 0 Å². The third-order valence-corrected chi connectivity index (χ3v) is 3.75. The average molecular weight is 266 g/mol. The SMILES string of the molecule is NNc1nc(SC2COC2)c(Cl)cc1Cl. The fourth-order valence-electron chi connectivity index (χ4n) is 1.07. The Bertz CT molecular complexity index is 373. The number of nitrogens with zero attached hydrogens (tertiary/aromatic N) is 1. The van der Waals surface area contributed by atoms with Crippen molar-refractivity contribution in [1.29, 1.82) is 0 Å². The minimum absolute atomic E-state index is 0.414. The number of rotatable bonds is 3. The van der Waals surface area contributed by atoms with Crippen molar-refractivity contribution >= 4 is 40.8 Å². The van der Waals surface area contributed by atoms with Gasteiger partial charge < -0.3 is 10.2 Å². The molecule has 1 aromatic rings. The summed E-state index contributed by atoms with van der Waals surface area (Å²) in [7, 11) is 0. The van der Waals surface area contributed by atoms with E-state index in [0.717, 1.165) is 18.2 Å². The van der Waals surface area contributed by atoms with Gasteiger partial charge in [-0.15, -0.1) is 0 Å². The summed E-state index contributed by atoms with van der Waals surface area (Å²) in [6.07, 6.45) is 0. The maximum atomic E-state index is 6.01. The van der Waals surface area contributed by atoms with Crippen molar-refractivity contribution in [3.05, 3.63) is 16.1 Å². The lowest BCUT2D eigenvalue weighted by atomic mass is 10.4. The zero-order chi connectivity index (χ0) is 10.8. The maximum absolute atomic E-state index is 6.01. The molecule has 1 saturated heterocycles. The van der Waals surface area contributed by atoms with E-state index in [-0.39, 0.29) is 0 Å². The number of hydrogen-bond acceptors (Lipinski definition) is 5. The molecule has 15 heavy (non-hydrogen) atoms. The highest BCUT2D eigenvalue weighted by atomic mass is 35.5. The Kier molecular flexibility index (Phi) is 3.58. The van der Waals surface area contributed by atoms with E-state index in [1.54, 1.807) is 17.8 Å². The van der Waals surface area contributed by atoms with Crippen molar-refractivity contribution < 1.29 is 4.74 Å². The molecule has 2 heterocycles. The van der Waals surface area contributed by atoms with Gasteiger partial charge in [0.2, 0.25) is 0 Å². The number of hydrogen-bond donors (Lipinski definition) is 2. The van der Waals surface area contributed by atoms with Gasteiger partial charge in [0.25, 0.3) is 0 Å². The van der Waals surface area contributed by atoms with E-state index >= 15 is 0 Å². The molecular formula is C8H9Cl2N3OS. The molecule has 4 nitrogen and oxygen atoms in total. The second-order valence-corrected chi connectivity index (χ2v) is 5.13. The molecule has 3 N–H and O–H groups in total. The molecule has 0 saturated carbocycles. The lowest BCUT2D eigenvalue weighted by Crippen LogP contribution is -2.30. The number of pyridine rings is 1. The van der Waals surface area contributed by atoms with Crippen molar-refractivity contribution in [3.63, 3.8) is 0 Å². The predicted octanol–water partition coefficient (Wildman–Crippen LogP) is 2.16. The fraction of sp³-hybridized carbons (Fsp3) is 0.375. The largest absolute Gasteiger partial charge is 0.379 e. The van der Waals surface area contributed by atoms with Gasteiger partial charge in [0.05, 0.1) is 28.5 Å². The van der Waals surface area contributed by atoms with Crippen molar-refractivity contribution in [3.8, 4) is 0 Å². The first kappa shape index (κ1) is 11.3. The van der Waals surface area contributed by atoms with Gasteiger partial charge in [-0.05, 0) is 6.07 Å². The van der Waals surface area contributed by atoms with E-state index in [2.05, 4.69) is 10.4 Å². The van der Waals surface area contributed by atoms with E-state index in [9.17, 15) is 0 Å². The Morgan fingerprint density at radius 2 is 2.20 bits per heavy atom. The lowest BCUT2D eigenvalue weighted by molar-refractivity contribution is 0.0455. The maximum Gasteiger partial charge on any atom is 0.160 e. The van der Waals surface area contributed by atoms with Gasteiger partial charge in [-0.25, -0.2) is 10.8 Å². The molecular weight excluding hydrogens is 257 g/mol. The average Bonchev–Trinajstić information content (AvgIpc) is 2.14. The highest BCUT2D eigenvalue weighted by Gasteiger charge is 2.22. The third kappa shape index (κ3) is 2.49. The van der Waals surface area contributed by atoms with Crippen LogP contribution < -0.4 is 11.3 Å². The number of nitrogen functional groups attached to an aromatic ring is 1. The van der Waals surface area contributed by atoms with E-state index < -0.39 is 0 Å². The topological polar surface area (TPSA) is 60.2 Å². The van der Waals surface area contributed by atoms with Gasteiger partial charge in [-0.1, -0.05) is 35.0 Å². The molecule has 0 unspecified atom stereocenters. The van der Waals surface area contributed by atoms with Gasteiger partial charge in [0.15, 0.2) is 5.82 Å². The van der Waals surface area contributed by atoms with E-state index in [1.807, 2.05) is 0 Å². The zero-order valence-corrected chi connectivity index (χ0v) is 9.99. The van der Waals surface area contributed by atoms with Crippen LogP contribution in [-0.2, 0) is 4.74 Å². The number of ether oxygens (including phenoxy) is 1. The van der Waals surface area contributed by atoms with Crippen molar-refractivity contribution in [2.24, 2.45) is 5.84 Å². The summed E-state index contributed by atoms with van der Waals surface area (Å²) in [4.78, 5) is 4.22. The van der Waals surface area contributed by atoms with Crippen LogP contribution in [0.15, 0.2) is 11.1 Å². The van der Waals surface area contributed by atoms with Crippen molar-refractivity contribution in [2.45, 2.75) is 10.3 Å². The van der Waals surface area contributed by atoms with Crippen molar-refractivity contribution in [2.75, 3.05) is 18.6 Å². The molecule has 0 atom stereocenters. The second kappa shape index (κ2) is 4.76. The zero-order valence-electron chi connectivity index (χ0n) is 7.67. The number of halogens is 2. The molecule has 0 amide bonds. The summed E-state index contributed by atoms with van der Waals surface area (Å²) in [5, 5.41) is 2.09. The molecule has 0 bridgehead atoms. The van der Waals surface area contributed by atoms with Crippen LogP contribution >= 0.6 is 35.0 Å². The van der Waals surface area contributed by atoms with Crippen LogP contribution in [0.1, 0.15) is 0 Å². The minimum Gasteiger partial charge on any atom is -0.379 e. The van der Waals surface area contributed by atoms with E-state index in [1.165, 1.54) is 0 Å². The molecule has 0 aliphatic carbocycles. The minimum atomic E-state index is 0.414. The van der Waals surface area contributed by atoms with E-state index in [0.29, 0.717) is 21.1 Å². The number of thioether (sulfide) groups is 1. The lowest BCUT2D eigenvalue weighted by Gasteiger charge is -2.25. The number of nitrogens with one attached hydrogen (secondary N) is 1. The summed E-state index contributed by atoms with van der Waals surface area (Å²) in [6.45, 7) is 1.47. The Balaban J connectivity index is 2.21. The van der Waals surface area contributed by atoms with Crippen LogP contribution in [0.25, 0.3) is 0 Å². The van der Waals surface area contributed by atoms with Crippen molar-refractivity contribution in [1.82, 2.24) is 4.98 Å². The monoisotopic (exact) mass is 265 g/mol. The third-order valence-electron chi connectivity index (χ3n) is 1.92. The molecule has 82 valence electrons. The van der Waals surface area contributed by atoms with Crippen LogP contribution in [0.4, 0.5) is 5.82 Å².